The van der Waals surface area contributed by atoms with E-state index in [9.17, 15) is 4.57 Å². The summed E-state index contributed by atoms with van der Waals surface area (Å²) in [5.74, 6) is 0.451. The molecular weight excluding hydrogens is 179 g/mol. The van der Waals surface area contributed by atoms with E-state index >= 15 is 0 Å². The Hall–Kier alpha value is -0.960. The third-order valence-corrected chi connectivity index (χ3v) is 1.77. The molecule has 1 aromatic rings. The molecule has 0 saturated heterocycles. The van der Waals surface area contributed by atoms with E-state index in [-0.39, 0.29) is 0 Å². The summed E-state index contributed by atoms with van der Waals surface area (Å²) in [7, 11) is -2.26. The Balaban J connectivity index is 2.47. The molecule has 0 aliphatic heterocycles. The number of hydrogen-bond donors (Lipinski definition) is 1. The summed E-state index contributed by atoms with van der Waals surface area (Å²) in [6.45, 7) is -0.609. The van der Waals surface area contributed by atoms with Crippen molar-refractivity contribution in [2.75, 3.05) is 6.79 Å². The SMILES string of the molecule is O=[P+](OCO)Oc1ccccc1. The van der Waals surface area contributed by atoms with Gasteiger partial charge in [0.1, 0.15) is 0 Å². The van der Waals surface area contributed by atoms with E-state index in [1.165, 1.54) is 0 Å². The van der Waals surface area contributed by atoms with Gasteiger partial charge in [-0.25, -0.2) is 4.52 Å². The van der Waals surface area contributed by atoms with Gasteiger partial charge in [-0.15, -0.1) is 0 Å². The molecule has 1 N–H and O–H groups in total. The summed E-state index contributed by atoms with van der Waals surface area (Å²) in [6, 6.07) is 8.60. The van der Waals surface area contributed by atoms with Crippen molar-refractivity contribution in [3.63, 3.8) is 0 Å². The second kappa shape index (κ2) is 4.83. The van der Waals surface area contributed by atoms with Gasteiger partial charge in [-0.3, -0.25) is 0 Å². The van der Waals surface area contributed by atoms with E-state index in [1.807, 2.05) is 6.07 Å². The normalized spacial score (nSPS) is 10.9. The van der Waals surface area contributed by atoms with Gasteiger partial charge in [0.2, 0.25) is 6.79 Å². The Labute approximate surface area is 70.7 Å². The molecule has 0 aromatic heterocycles. The minimum Gasteiger partial charge on any atom is -0.367 e. The molecule has 1 rings (SSSR count). The second-order valence-corrected chi connectivity index (χ2v) is 2.77. The zero-order valence-corrected chi connectivity index (χ0v) is 7.11. The average molecular weight is 187 g/mol. The van der Waals surface area contributed by atoms with Crippen molar-refractivity contribution in [1.29, 1.82) is 0 Å². The van der Waals surface area contributed by atoms with E-state index in [1.54, 1.807) is 24.3 Å². The first-order valence-electron chi connectivity index (χ1n) is 3.27. The van der Waals surface area contributed by atoms with Crippen LogP contribution in [-0.2, 0) is 9.09 Å². The molecule has 0 aliphatic carbocycles. The van der Waals surface area contributed by atoms with Crippen LogP contribution in [0, 0.1) is 0 Å². The molecule has 1 aromatic carbocycles. The van der Waals surface area contributed by atoms with Gasteiger partial charge in [-0.1, -0.05) is 22.7 Å². The lowest BCUT2D eigenvalue weighted by atomic mass is 10.3. The average Bonchev–Trinajstić information content (AvgIpc) is 2.06. The van der Waals surface area contributed by atoms with Crippen LogP contribution in [0.4, 0.5) is 0 Å². The fourth-order valence-electron chi connectivity index (χ4n) is 0.641. The van der Waals surface area contributed by atoms with Crippen LogP contribution in [0.1, 0.15) is 0 Å². The van der Waals surface area contributed by atoms with E-state index in [4.69, 9.17) is 9.63 Å². The van der Waals surface area contributed by atoms with Crippen LogP contribution in [0.15, 0.2) is 30.3 Å². The third-order valence-electron chi connectivity index (χ3n) is 1.09. The first-order valence-corrected chi connectivity index (χ1v) is 4.36. The highest BCUT2D eigenvalue weighted by Crippen LogP contribution is 2.26. The molecule has 64 valence electrons. The molecule has 1 unspecified atom stereocenters. The maximum atomic E-state index is 10.8. The minimum absolute atomic E-state index is 0.451. The van der Waals surface area contributed by atoms with Crippen molar-refractivity contribution in [2.24, 2.45) is 0 Å². The van der Waals surface area contributed by atoms with E-state index in [0.29, 0.717) is 5.75 Å². The summed E-state index contributed by atoms with van der Waals surface area (Å²) in [6.07, 6.45) is 0. The maximum absolute atomic E-state index is 10.8. The quantitative estimate of drug-likeness (QED) is 0.575. The lowest BCUT2D eigenvalue weighted by Crippen LogP contribution is -1.87. The highest BCUT2D eigenvalue weighted by molar-refractivity contribution is 7.33. The smallest absolute Gasteiger partial charge is 0.367 e. The van der Waals surface area contributed by atoms with Crippen molar-refractivity contribution in [3.05, 3.63) is 30.3 Å². The largest absolute Gasteiger partial charge is 0.752 e. The topological polar surface area (TPSA) is 55.8 Å². The molecule has 0 bridgehead atoms. The van der Waals surface area contributed by atoms with Crippen molar-refractivity contribution in [1.82, 2.24) is 0 Å². The van der Waals surface area contributed by atoms with Crippen molar-refractivity contribution in [2.45, 2.75) is 0 Å². The molecule has 0 spiro atoms. The maximum Gasteiger partial charge on any atom is 0.752 e. The van der Waals surface area contributed by atoms with Gasteiger partial charge in [-0.2, -0.15) is 0 Å². The van der Waals surface area contributed by atoms with Crippen molar-refractivity contribution < 1.29 is 18.7 Å². The molecule has 0 saturated carbocycles. The molecule has 0 aliphatic rings. The molecule has 12 heavy (non-hydrogen) atoms. The predicted molar refractivity (Wildman–Crippen MR) is 42.8 cm³/mol. The zero-order chi connectivity index (χ0) is 8.81. The summed E-state index contributed by atoms with van der Waals surface area (Å²) in [5.41, 5.74) is 0. The van der Waals surface area contributed by atoms with E-state index in [2.05, 4.69) is 4.52 Å². The van der Waals surface area contributed by atoms with Gasteiger partial charge in [0, 0.05) is 4.57 Å². The summed E-state index contributed by atoms with van der Waals surface area (Å²) in [5, 5.41) is 8.23. The standard InChI is InChI=1S/C7H8O4P/c8-6-10-12(9)11-7-4-2-1-3-5-7/h1-5,8H,6H2/q+1. The Morgan fingerprint density at radius 3 is 2.58 bits per heavy atom. The van der Waals surface area contributed by atoms with Crippen LogP contribution in [0.5, 0.6) is 5.75 Å². The van der Waals surface area contributed by atoms with Gasteiger partial charge in [0.15, 0.2) is 5.75 Å². The van der Waals surface area contributed by atoms with E-state index in [0.717, 1.165) is 0 Å². The van der Waals surface area contributed by atoms with Crippen molar-refractivity contribution >= 4 is 8.25 Å². The number of aliphatic hydroxyl groups excluding tert-OH is 1. The van der Waals surface area contributed by atoms with Crippen LogP contribution in [0.25, 0.3) is 0 Å². The van der Waals surface area contributed by atoms with Gasteiger partial charge in [0.05, 0.1) is 0 Å². The summed E-state index contributed by atoms with van der Waals surface area (Å²) in [4.78, 5) is 0. The number of aliphatic hydroxyl groups is 1. The molecule has 1 atom stereocenters. The first-order chi connectivity index (χ1) is 5.83. The number of hydrogen-bond acceptors (Lipinski definition) is 4. The summed E-state index contributed by atoms with van der Waals surface area (Å²) < 4.78 is 19.8. The second-order valence-electron chi connectivity index (χ2n) is 1.89. The van der Waals surface area contributed by atoms with Gasteiger partial charge in [-0.05, 0) is 12.1 Å². The zero-order valence-electron chi connectivity index (χ0n) is 6.21. The van der Waals surface area contributed by atoms with Crippen LogP contribution in [0.2, 0.25) is 0 Å². The lowest BCUT2D eigenvalue weighted by molar-refractivity contribution is 0.0961. The number of para-hydroxylation sites is 1. The van der Waals surface area contributed by atoms with E-state index < -0.39 is 15.0 Å². The fraction of sp³-hybridized carbons (Fsp3) is 0.143. The highest BCUT2D eigenvalue weighted by Gasteiger charge is 2.20. The Kier molecular flexibility index (Phi) is 3.67. The minimum atomic E-state index is -2.26. The third kappa shape index (κ3) is 2.96. The number of benzene rings is 1. The predicted octanol–water partition coefficient (Wildman–Crippen LogP) is 1.69. The fourth-order valence-corrected chi connectivity index (χ4v) is 1.08. The van der Waals surface area contributed by atoms with Crippen molar-refractivity contribution in [3.8, 4) is 5.75 Å². The molecule has 0 radical (unpaired) electrons. The lowest BCUT2D eigenvalue weighted by Gasteiger charge is -1.89. The molecule has 5 heteroatoms. The van der Waals surface area contributed by atoms with Crippen LogP contribution in [-0.4, -0.2) is 11.9 Å². The molecule has 0 heterocycles. The van der Waals surface area contributed by atoms with Gasteiger partial charge in [0.25, 0.3) is 0 Å². The Morgan fingerprint density at radius 2 is 2.00 bits per heavy atom. The molecule has 0 amide bonds. The highest BCUT2D eigenvalue weighted by atomic mass is 31.1. The Bertz CT molecular complexity index is 249. The molecular formula is C7H8O4P+. The van der Waals surface area contributed by atoms with Crippen LogP contribution in [0.3, 0.4) is 0 Å². The Morgan fingerprint density at radius 1 is 1.33 bits per heavy atom. The monoisotopic (exact) mass is 187 g/mol. The van der Waals surface area contributed by atoms with Crippen LogP contribution >= 0.6 is 8.25 Å². The summed E-state index contributed by atoms with van der Waals surface area (Å²) >= 11 is 0. The molecule has 0 fully saturated rings. The number of rotatable bonds is 4. The van der Waals surface area contributed by atoms with Gasteiger partial charge >= 0.3 is 8.25 Å². The molecule has 4 nitrogen and oxygen atoms in total. The first kappa shape index (κ1) is 9.13. The van der Waals surface area contributed by atoms with Gasteiger partial charge < -0.3 is 5.11 Å². The van der Waals surface area contributed by atoms with Crippen LogP contribution < -0.4 is 4.52 Å².